The van der Waals surface area contributed by atoms with E-state index in [4.69, 9.17) is 0 Å². The molecule has 194 valence electrons. The van der Waals surface area contributed by atoms with E-state index in [-0.39, 0.29) is 18.8 Å². The molecular formula is C27H30N4O6. The van der Waals surface area contributed by atoms with Crippen LogP contribution in [0.25, 0.3) is 0 Å². The van der Waals surface area contributed by atoms with E-state index in [2.05, 4.69) is 10.6 Å². The van der Waals surface area contributed by atoms with Crippen LogP contribution in [0.5, 0.6) is 0 Å². The van der Waals surface area contributed by atoms with Crippen molar-refractivity contribution in [2.24, 2.45) is 0 Å². The van der Waals surface area contributed by atoms with Crippen LogP contribution in [-0.2, 0) is 9.59 Å². The predicted octanol–water partition coefficient (Wildman–Crippen LogP) is 3.19. The zero-order valence-corrected chi connectivity index (χ0v) is 20.6. The number of nitro groups is 1. The number of anilines is 2. The number of aliphatic hydroxyl groups excluding tert-OH is 2. The molecule has 0 fully saturated rings. The second-order valence-corrected chi connectivity index (χ2v) is 8.78. The van der Waals surface area contributed by atoms with Crippen LogP contribution in [0.2, 0.25) is 0 Å². The minimum absolute atomic E-state index is 0.150. The van der Waals surface area contributed by atoms with Gasteiger partial charge in [-0.2, -0.15) is 0 Å². The highest BCUT2D eigenvalue weighted by atomic mass is 16.6. The Morgan fingerprint density at radius 2 is 1.27 bits per heavy atom. The molecule has 0 spiro atoms. The van der Waals surface area contributed by atoms with Crippen LogP contribution in [-0.4, -0.2) is 57.6 Å². The number of nitrogens with one attached hydrogen (secondary N) is 2. The van der Waals surface area contributed by atoms with Gasteiger partial charge in [-0.3, -0.25) is 24.6 Å². The van der Waals surface area contributed by atoms with Gasteiger partial charge in [0.25, 0.3) is 5.69 Å². The average Bonchev–Trinajstić information content (AvgIpc) is 2.87. The summed E-state index contributed by atoms with van der Waals surface area (Å²) in [6.45, 7) is 2.67. The molecule has 0 radical (unpaired) electrons. The molecule has 0 bridgehead atoms. The minimum atomic E-state index is -1.33. The Labute approximate surface area is 214 Å². The zero-order chi connectivity index (χ0) is 26.9. The molecule has 0 heterocycles. The maximum Gasteiger partial charge on any atom is 0.269 e. The largest absolute Gasteiger partial charge is 0.395 e. The first kappa shape index (κ1) is 27.5. The van der Waals surface area contributed by atoms with Gasteiger partial charge >= 0.3 is 0 Å². The Morgan fingerprint density at radius 3 is 1.65 bits per heavy atom. The fourth-order valence-electron chi connectivity index (χ4n) is 3.76. The first-order valence-corrected chi connectivity index (χ1v) is 11.7. The van der Waals surface area contributed by atoms with E-state index in [0.717, 1.165) is 11.1 Å². The number of nitrogens with zero attached hydrogens (tertiary/aromatic N) is 2. The van der Waals surface area contributed by atoms with Gasteiger partial charge in [0, 0.05) is 23.5 Å². The number of hydrogen-bond acceptors (Lipinski definition) is 7. The molecule has 10 nitrogen and oxygen atoms in total. The summed E-state index contributed by atoms with van der Waals surface area (Å²) in [7, 11) is 0. The third-order valence-corrected chi connectivity index (χ3v) is 5.83. The third kappa shape index (κ3) is 7.94. The highest BCUT2D eigenvalue weighted by molar-refractivity contribution is 5.94. The third-order valence-electron chi connectivity index (χ3n) is 5.83. The second-order valence-electron chi connectivity index (χ2n) is 8.78. The van der Waals surface area contributed by atoms with Gasteiger partial charge in [-0.05, 0) is 55.8 Å². The van der Waals surface area contributed by atoms with Crippen LogP contribution >= 0.6 is 0 Å². The summed E-state index contributed by atoms with van der Waals surface area (Å²) < 4.78 is 0. The molecule has 0 saturated heterocycles. The molecule has 0 unspecified atom stereocenters. The number of aryl methyl sites for hydroxylation is 2. The number of non-ortho nitro benzene ring substituents is 1. The number of nitro benzene ring substituents is 1. The molecule has 0 aliphatic rings. The summed E-state index contributed by atoms with van der Waals surface area (Å²) in [5, 5.41) is 37.7. The predicted molar refractivity (Wildman–Crippen MR) is 140 cm³/mol. The van der Waals surface area contributed by atoms with E-state index in [9.17, 15) is 29.9 Å². The van der Waals surface area contributed by atoms with Crippen molar-refractivity contribution >= 4 is 28.9 Å². The summed E-state index contributed by atoms with van der Waals surface area (Å²) in [5.74, 6) is -0.886. The topological polar surface area (TPSA) is 145 Å². The molecule has 2 atom stereocenters. The zero-order valence-electron chi connectivity index (χ0n) is 20.6. The van der Waals surface area contributed by atoms with Crippen molar-refractivity contribution in [3.63, 3.8) is 0 Å². The lowest BCUT2D eigenvalue weighted by molar-refractivity contribution is -0.384. The molecule has 2 amide bonds. The fraction of sp³-hybridized carbons (Fsp3) is 0.259. The molecular weight excluding hydrogens is 476 g/mol. The molecule has 0 aliphatic carbocycles. The lowest BCUT2D eigenvalue weighted by atomic mass is 10.0. The van der Waals surface area contributed by atoms with Gasteiger partial charge in [0.2, 0.25) is 11.8 Å². The first-order chi connectivity index (χ1) is 17.7. The molecule has 10 heteroatoms. The van der Waals surface area contributed by atoms with E-state index in [1.165, 1.54) is 29.2 Å². The molecule has 0 saturated carbocycles. The lowest BCUT2D eigenvalue weighted by Gasteiger charge is -2.33. The van der Waals surface area contributed by atoms with Crippen LogP contribution in [0.15, 0.2) is 72.8 Å². The van der Waals surface area contributed by atoms with Crippen molar-refractivity contribution < 1.29 is 24.7 Å². The normalized spacial score (nSPS) is 12.6. The SMILES string of the molecule is Cc1ccc(NC(=O)CN(CC(=O)Nc2ccc(C)cc2)[C@@H](CO)[C@H](O)c2ccc([N+](=O)[O-])cc2)cc1. The molecule has 0 aromatic heterocycles. The Bertz CT molecular complexity index is 1150. The lowest BCUT2D eigenvalue weighted by Crippen LogP contribution is -2.49. The number of benzene rings is 3. The standard InChI is InChI=1S/C27H30N4O6/c1-18-3-9-21(10-4-18)28-25(33)15-30(16-26(34)29-22-11-5-19(2)6-12-22)24(17-32)27(35)20-7-13-23(14-8-20)31(36)37/h3-14,24,27,32,35H,15-17H2,1-2H3,(H,28,33)(H,29,34)/t24-,27+/m0/s1. The van der Waals surface area contributed by atoms with Crippen LogP contribution in [0.4, 0.5) is 17.1 Å². The van der Waals surface area contributed by atoms with Gasteiger partial charge in [-0.25, -0.2) is 0 Å². The van der Waals surface area contributed by atoms with Gasteiger partial charge in [0.05, 0.1) is 36.8 Å². The van der Waals surface area contributed by atoms with Crippen LogP contribution < -0.4 is 10.6 Å². The van der Waals surface area contributed by atoms with Crippen LogP contribution in [0.1, 0.15) is 22.8 Å². The Hall–Kier alpha value is -4.12. The molecule has 4 N–H and O–H groups in total. The van der Waals surface area contributed by atoms with Crippen LogP contribution in [0, 0.1) is 24.0 Å². The maximum absolute atomic E-state index is 12.9. The van der Waals surface area contributed by atoms with Crippen molar-refractivity contribution in [1.82, 2.24) is 4.90 Å². The Morgan fingerprint density at radius 1 is 0.838 bits per heavy atom. The van der Waals surface area contributed by atoms with Crippen molar-refractivity contribution in [1.29, 1.82) is 0 Å². The van der Waals surface area contributed by atoms with Gasteiger partial charge in [-0.1, -0.05) is 35.4 Å². The second kappa shape index (κ2) is 12.7. The van der Waals surface area contributed by atoms with Crippen molar-refractivity contribution in [2.75, 3.05) is 30.3 Å². The van der Waals surface area contributed by atoms with Gasteiger partial charge in [-0.15, -0.1) is 0 Å². The summed E-state index contributed by atoms with van der Waals surface area (Å²) >= 11 is 0. The van der Waals surface area contributed by atoms with Crippen molar-refractivity contribution in [3.05, 3.63) is 99.6 Å². The summed E-state index contributed by atoms with van der Waals surface area (Å²) in [6.07, 6.45) is -1.33. The Balaban J connectivity index is 1.80. The molecule has 0 aliphatic heterocycles. The van der Waals surface area contributed by atoms with E-state index in [1.54, 1.807) is 24.3 Å². The number of carbonyl (C=O) groups excluding carboxylic acids is 2. The quantitative estimate of drug-likeness (QED) is 0.231. The minimum Gasteiger partial charge on any atom is -0.395 e. The monoisotopic (exact) mass is 506 g/mol. The molecule has 3 aromatic rings. The molecule has 3 aromatic carbocycles. The Kier molecular flexibility index (Phi) is 9.45. The van der Waals surface area contributed by atoms with E-state index < -0.39 is 35.5 Å². The van der Waals surface area contributed by atoms with Crippen molar-refractivity contribution in [2.45, 2.75) is 26.0 Å². The van der Waals surface area contributed by atoms with E-state index in [1.807, 2.05) is 38.1 Å². The molecule has 3 rings (SSSR count). The van der Waals surface area contributed by atoms with Crippen molar-refractivity contribution in [3.8, 4) is 0 Å². The van der Waals surface area contributed by atoms with E-state index in [0.29, 0.717) is 16.9 Å². The van der Waals surface area contributed by atoms with Gasteiger partial charge in [0.15, 0.2) is 0 Å². The maximum atomic E-state index is 12.9. The average molecular weight is 507 g/mol. The first-order valence-electron chi connectivity index (χ1n) is 11.7. The van der Waals surface area contributed by atoms with Gasteiger partial charge < -0.3 is 20.8 Å². The van der Waals surface area contributed by atoms with E-state index >= 15 is 0 Å². The summed E-state index contributed by atoms with van der Waals surface area (Å²) in [6, 6.07) is 18.6. The number of aliphatic hydroxyl groups is 2. The smallest absolute Gasteiger partial charge is 0.269 e. The molecule has 37 heavy (non-hydrogen) atoms. The summed E-state index contributed by atoms with van der Waals surface area (Å²) in [5.41, 5.74) is 3.33. The number of amides is 2. The highest BCUT2D eigenvalue weighted by Crippen LogP contribution is 2.24. The van der Waals surface area contributed by atoms with Crippen LogP contribution in [0.3, 0.4) is 0 Å². The summed E-state index contributed by atoms with van der Waals surface area (Å²) in [4.78, 5) is 37.5. The number of carbonyl (C=O) groups is 2. The number of rotatable bonds is 11. The fourth-order valence-corrected chi connectivity index (χ4v) is 3.76. The van der Waals surface area contributed by atoms with Gasteiger partial charge in [0.1, 0.15) is 0 Å². The highest BCUT2D eigenvalue weighted by Gasteiger charge is 2.30. The number of hydrogen-bond donors (Lipinski definition) is 4.